The van der Waals surface area contributed by atoms with Gasteiger partial charge in [-0.2, -0.15) is 0 Å². The van der Waals surface area contributed by atoms with Gasteiger partial charge in [-0.1, -0.05) is 38.5 Å². The summed E-state index contributed by atoms with van der Waals surface area (Å²) in [6.07, 6.45) is 14.4. The van der Waals surface area contributed by atoms with Crippen LogP contribution in [0.1, 0.15) is 246 Å². The molecule has 4 heterocycles. The second kappa shape index (κ2) is 23.5. The van der Waals surface area contributed by atoms with E-state index in [9.17, 15) is 19.2 Å². The van der Waals surface area contributed by atoms with Crippen LogP contribution >= 0.6 is 0 Å². The number of unbranched alkanes of at least 4 members (excludes halogenated alkanes) is 7. The molecule has 4 aliphatic heterocycles. The summed E-state index contributed by atoms with van der Waals surface area (Å²) < 4.78 is 25.1. The number of carbonyl (C=O) groups is 4. The van der Waals surface area contributed by atoms with E-state index in [2.05, 4.69) is 132 Å². The zero-order chi connectivity index (χ0) is 51.0. The van der Waals surface area contributed by atoms with Crippen molar-refractivity contribution >= 4 is 23.9 Å². The van der Waals surface area contributed by atoms with Crippen LogP contribution in [0.5, 0.6) is 0 Å². The lowest BCUT2D eigenvalue weighted by atomic mass is 9.89. The first-order chi connectivity index (χ1) is 31.2. The van der Waals surface area contributed by atoms with Crippen molar-refractivity contribution in [3.63, 3.8) is 0 Å². The van der Waals surface area contributed by atoms with Gasteiger partial charge in [-0.15, -0.1) is 0 Å². The van der Waals surface area contributed by atoms with Crippen molar-refractivity contribution in [2.45, 2.75) is 302 Å². The molecule has 0 spiro atoms. The molecule has 394 valence electrons. The van der Waals surface area contributed by atoms with Crippen LogP contribution < -0.4 is 21.3 Å². The molecule has 12 nitrogen and oxygen atoms in total. The van der Waals surface area contributed by atoms with Crippen LogP contribution in [-0.4, -0.2) is 87.2 Å². The number of carbonyl (C=O) groups excluding carboxylic acids is 4. The minimum atomic E-state index is -1.36. The van der Waals surface area contributed by atoms with Gasteiger partial charge < -0.3 is 40.2 Å². The topological polar surface area (TPSA) is 153 Å². The van der Waals surface area contributed by atoms with Gasteiger partial charge in [-0.25, -0.2) is 0 Å². The highest BCUT2D eigenvalue weighted by molar-refractivity contribution is 5.76. The second-order valence-electron chi connectivity index (χ2n) is 27.3. The number of hydrogen-bond acceptors (Lipinski definition) is 12. The summed E-state index contributed by atoms with van der Waals surface area (Å²) in [7, 11) is 0. The van der Waals surface area contributed by atoms with E-state index < -0.39 is 36.2 Å². The van der Waals surface area contributed by atoms with Gasteiger partial charge in [0.15, 0.2) is 6.10 Å². The Bertz CT molecular complexity index is 1610. The average Bonchev–Trinajstić information content (AvgIpc) is 3.49. The van der Waals surface area contributed by atoms with Gasteiger partial charge in [-0.3, -0.25) is 19.2 Å². The SMILES string of the molecule is CC1(C)CCC(C(=O)OCCCCCCCCCCC(OC(=O)C2CCC(C)(C)NC(C)(C)C2)C(OC(=O)C2CCC(C)(C)NC(C)(C)C2)OC(=O)C2CCC(C)(C)NC(C)(C)C2)CC(C)(C)N1. The average molecular weight is 959 g/mol. The monoisotopic (exact) mass is 959 g/mol. The molecule has 12 heteroatoms. The van der Waals surface area contributed by atoms with E-state index in [4.69, 9.17) is 18.9 Å². The van der Waals surface area contributed by atoms with E-state index in [1.807, 2.05) is 0 Å². The van der Waals surface area contributed by atoms with Crippen molar-refractivity contribution in [1.82, 2.24) is 21.3 Å². The van der Waals surface area contributed by atoms with E-state index in [0.29, 0.717) is 51.6 Å². The molecule has 4 rings (SSSR count). The van der Waals surface area contributed by atoms with Gasteiger partial charge in [0.05, 0.1) is 30.3 Å². The molecule has 0 aromatic carbocycles. The summed E-state index contributed by atoms with van der Waals surface area (Å²) in [4.78, 5) is 56.3. The van der Waals surface area contributed by atoms with E-state index >= 15 is 0 Å². The number of rotatable bonds is 19. The first-order valence-electron chi connectivity index (χ1n) is 27.1. The van der Waals surface area contributed by atoms with Gasteiger partial charge in [0, 0.05) is 44.3 Å². The maximum atomic E-state index is 14.4. The van der Waals surface area contributed by atoms with E-state index in [-0.39, 0.29) is 68.1 Å². The molecule has 4 fully saturated rings. The smallest absolute Gasteiger partial charge is 0.312 e. The lowest BCUT2D eigenvalue weighted by Crippen LogP contribution is -2.51. The van der Waals surface area contributed by atoms with Gasteiger partial charge in [0.2, 0.25) is 0 Å². The Morgan fingerprint density at radius 3 is 1.00 bits per heavy atom. The Labute approximate surface area is 414 Å². The molecule has 5 unspecified atom stereocenters. The van der Waals surface area contributed by atoms with Gasteiger partial charge in [0.25, 0.3) is 6.29 Å². The number of esters is 4. The molecule has 0 saturated carbocycles. The summed E-state index contributed by atoms with van der Waals surface area (Å²) >= 11 is 0. The molecule has 0 aromatic heterocycles. The molecule has 0 aliphatic carbocycles. The fraction of sp³-hybridized carbons (Fsp3) is 0.929. The first-order valence-corrected chi connectivity index (χ1v) is 27.1. The van der Waals surface area contributed by atoms with Crippen molar-refractivity contribution in [3.05, 3.63) is 0 Å². The van der Waals surface area contributed by atoms with E-state index in [0.717, 1.165) is 89.9 Å². The largest absolute Gasteiger partial charge is 0.465 e. The van der Waals surface area contributed by atoms with Crippen LogP contribution in [-0.2, 0) is 38.1 Å². The Morgan fingerprint density at radius 2 is 0.662 bits per heavy atom. The predicted octanol–water partition coefficient (Wildman–Crippen LogP) is 11.2. The van der Waals surface area contributed by atoms with Crippen molar-refractivity contribution in [2.24, 2.45) is 23.7 Å². The van der Waals surface area contributed by atoms with Crippen LogP contribution in [0.4, 0.5) is 0 Å². The lowest BCUT2D eigenvalue weighted by molar-refractivity contribution is -0.222. The van der Waals surface area contributed by atoms with Crippen LogP contribution in [0, 0.1) is 23.7 Å². The Kier molecular flexibility index (Phi) is 20.2. The molecular weight excluding hydrogens is 857 g/mol. The van der Waals surface area contributed by atoms with Crippen LogP contribution in [0.2, 0.25) is 0 Å². The van der Waals surface area contributed by atoms with Gasteiger partial charge in [0.1, 0.15) is 0 Å². The summed E-state index contributed by atoms with van der Waals surface area (Å²) in [5.74, 6) is -2.47. The number of nitrogens with one attached hydrogen (secondary N) is 4. The molecule has 4 aliphatic rings. The zero-order valence-electron chi connectivity index (χ0n) is 46.3. The molecule has 0 bridgehead atoms. The summed E-state index contributed by atoms with van der Waals surface area (Å²) in [6, 6.07) is 0. The molecule has 0 radical (unpaired) electrons. The molecule has 4 N–H and O–H groups in total. The summed E-state index contributed by atoms with van der Waals surface area (Å²) in [5.41, 5.74) is -1.53. The summed E-state index contributed by atoms with van der Waals surface area (Å²) in [6.45, 7) is 35.0. The van der Waals surface area contributed by atoms with Crippen molar-refractivity contribution in [3.8, 4) is 0 Å². The second-order valence-corrected chi connectivity index (χ2v) is 27.3. The fourth-order valence-electron chi connectivity index (χ4n) is 12.8. The summed E-state index contributed by atoms with van der Waals surface area (Å²) in [5, 5.41) is 14.9. The van der Waals surface area contributed by atoms with Crippen LogP contribution in [0.15, 0.2) is 0 Å². The Morgan fingerprint density at radius 1 is 0.382 bits per heavy atom. The lowest BCUT2D eigenvalue weighted by Gasteiger charge is -2.35. The van der Waals surface area contributed by atoms with E-state index in [1.165, 1.54) is 0 Å². The first kappa shape index (κ1) is 58.3. The highest BCUT2D eigenvalue weighted by Crippen LogP contribution is 2.37. The minimum Gasteiger partial charge on any atom is -0.465 e. The quantitative estimate of drug-likeness (QED) is 0.0422. The molecule has 0 amide bonds. The third-order valence-electron chi connectivity index (χ3n) is 15.2. The van der Waals surface area contributed by atoms with Gasteiger partial charge in [-0.05, 0) is 207 Å². The van der Waals surface area contributed by atoms with Crippen LogP contribution in [0.3, 0.4) is 0 Å². The van der Waals surface area contributed by atoms with Crippen molar-refractivity contribution < 1.29 is 38.1 Å². The maximum Gasteiger partial charge on any atom is 0.312 e. The zero-order valence-corrected chi connectivity index (χ0v) is 46.3. The van der Waals surface area contributed by atoms with Crippen molar-refractivity contribution in [2.75, 3.05) is 6.61 Å². The molecule has 4 saturated heterocycles. The molecule has 5 atom stereocenters. The molecule has 0 aromatic rings. The third-order valence-corrected chi connectivity index (χ3v) is 15.2. The van der Waals surface area contributed by atoms with E-state index in [1.54, 1.807) is 0 Å². The van der Waals surface area contributed by atoms with Crippen LogP contribution in [0.25, 0.3) is 0 Å². The molecule has 68 heavy (non-hydrogen) atoms. The predicted molar refractivity (Wildman–Crippen MR) is 273 cm³/mol. The minimum absolute atomic E-state index is 0.00447. The van der Waals surface area contributed by atoms with Gasteiger partial charge >= 0.3 is 23.9 Å². The standard InChI is InChI=1S/C56H102N4O8/c1-49(2)30-26-39(35-53(9,10)57-49)44(61)65-34-24-22-20-18-17-19-21-23-25-43(66-45(62)40-27-31-50(3,4)58-54(11,12)36-40)48(67-46(63)41-28-32-51(5,6)59-55(13,14)37-41)68-47(64)42-29-33-52(7,8)60-56(15,16)38-42/h39-43,48,57-60H,17-38H2,1-16H3. The normalized spacial score (nSPS) is 29.0. The fourth-order valence-corrected chi connectivity index (χ4v) is 12.8. The van der Waals surface area contributed by atoms with Crippen molar-refractivity contribution in [1.29, 1.82) is 0 Å². The highest BCUT2D eigenvalue weighted by atomic mass is 16.7. The highest BCUT2D eigenvalue weighted by Gasteiger charge is 2.45. The third kappa shape index (κ3) is 20.1. The number of hydrogen-bond donors (Lipinski definition) is 4. The number of ether oxygens (including phenoxy) is 4. The maximum absolute atomic E-state index is 14.4. The Balaban J connectivity index is 1.43. The Hall–Kier alpha value is -2.28. The molecular formula is C56H102N4O8.